The van der Waals surface area contributed by atoms with Gasteiger partial charge in [0.15, 0.2) is 5.96 Å². The molecule has 0 amide bonds. The van der Waals surface area contributed by atoms with Crippen LogP contribution in [0.1, 0.15) is 32.1 Å². The zero-order valence-corrected chi connectivity index (χ0v) is 16.9. The van der Waals surface area contributed by atoms with Gasteiger partial charge in [-0.1, -0.05) is 0 Å². The van der Waals surface area contributed by atoms with E-state index in [4.69, 9.17) is 0 Å². The largest absolute Gasteiger partial charge is 0.355 e. The van der Waals surface area contributed by atoms with Gasteiger partial charge in [-0.3, -0.25) is 4.99 Å². The Morgan fingerprint density at radius 2 is 2.00 bits per heavy atom. The molecule has 124 valence electrons. The molecule has 0 aromatic carbocycles. The third kappa shape index (κ3) is 6.14. The fourth-order valence-corrected chi connectivity index (χ4v) is 3.92. The lowest BCUT2D eigenvalue weighted by Gasteiger charge is -2.26. The molecule has 0 bridgehead atoms. The number of nitrogens with zero attached hydrogens (tertiary/aromatic N) is 2. The number of thioether (sulfide) groups is 1. The smallest absolute Gasteiger partial charge is 0.191 e. The van der Waals surface area contributed by atoms with E-state index in [1.807, 2.05) is 18.8 Å². The van der Waals surface area contributed by atoms with Crippen LogP contribution in [0, 0.1) is 5.92 Å². The normalized spacial score (nSPS) is 27.4. The van der Waals surface area contributed by atoms with Crippen LogP contribution < -0.4 is 10.6 Å². The molecule has 2 rings (SSSR count). The molecule has 0 aromatic rings. The van der Waals surface area contributed by atoms with Gasteiger partial charge in [0.2, 0.25) is 0 Å². The van der Waals surface area contributed by atoms with Gasteiger partial charge in [0, 0.05) is 30.9 Å². The van der Waals surface area contributed by atoms with Gasteiger partial charge in [-0.05, 0) is 58.4 Å². The molecule has 0 saturated heterocycles. The number of likely N-dealkylation sites (N-methyl/N-ethyl adjacent to an activating group) is 1. The first kappa shape index (κ1) is 19.4. The van der Waals surface area contributed by atoms with E-state index < -0.39 is 0 Å². The molecule has 0 aliphatic heterocycles. The molecule has 2 saturated carbocycles. The molecular weight excluding hydrogens is 395 g/mol. The average molecular weight is 426 g/mol. The first-order valence-electron chi connectivity index (χ1n) is 7.80. The topological polar surface area (TPSA) is 39.7 Å². The van der Waals surface area contributed by atoms with Crippen LogP contribution in [0.15, 0.2) is 4.99 Å². The van der Waals surface area contributed by atoms with E-state index in [0.29, 0.717) is 12.1 Å². The van der Waals surface area contributed by atoms with E-state index in [1.54, 1.807) is 0 Å². The fraction of sp³-hybridized carbons (Fsp3) is 0.933. The Bertz CT molecular complexity index is 332. The standard InChI is InChI=1S/C15H30N4S.HI/c1-16-15(18-12-7-8-13(9-12)20-4)17-10-14(19(2)3)11-5-6-11;/h11-14H,5-10H2,1-4H3,(H2,16,17,18);1H. The second-order valence-corrected chi connectivity index (χ2v) is 7.47. The second-order valence-electron chi connectivity index (χ2n) is 6.33. The number of guanidine groups is 1. The Morgan fingerprint density at radius 3 is 2.48 bits per heavy atom. The van der Waals surface area contributed by atoms with Gasteiger partial charge in [0.05, 0.1) is 0 Å². The summed E-state index contributed by atoms with van der Waals surface area (Å²) in [5, 5.41) is 7.94. The summed E-state index contributed by atoms with van der Waals surface area (Å²) in [6.45, 7) is 0.996. The first-order valence-corrected chi connectivity index (χ1v) is 9.09. The molecule has 2 aliphatic rings. The lowest BCUT2D eigenvalue weighted by Crippen LogP contribution is -2.48. The minimum Gasteiger partial charge on any atom is -0.355 e. The van der Waals surface area contributed by atoms with Crippen molar-refractivity contribution in [1.29, 1.82) is 0 Å². The Labute approximate surface area is 151 Å². The molecule has 6 heteroatoms. The van der Waals surface area contributed by atoms with Crippen molar-refractivity contribution in [2.75, 3.05) is 33.9 Å². The zero-order chi connectivity index (χ0) is 14.5. The fourth-order valence-electron chi connectivity index (χ4n) is 3.13. The lowest BCUT2D eigenvalue weighted by atomic mass is 10.1. The van der Waals surface area contributed by atoms with Crippen molar-refractivity contribution in [1.82, 2.24) is 15.5 Å². The molecule has 21 heavy (non-hydrogen) atoms. The molecule has 0 radical (unpaired) electrons. The molecule has 4 nitrogen and oxygen atoms in total. The van der Waals surface area contributed by atoms with E-state index >= 15 is 0 Å². The molecule has 2 aliphatic carbocycles. The van der Waals surface area contributed by atoms with E-state index in [9.17, 15) is 0 Å². The van der Waals surface area contributed by atoms with Crippen LogP contribution in [0.2, 0.25) is 0 Å². The third-order valence-electron chi connectivity index (χ3n) is 4.59. The Morgan fingerprint density at radius 1 is 1.29 bits per heavy atom. The summed E-state index contributed by atoms with van der Waals surface area (Å²) in [6.07, 6.45) is 8.85. The van der Waals surface area contributed by atoms with Crippen molar-refractivity contribution in [3.05, 3.63) is 0 Å². The molecule has 2 fully saturated rings. The van der Waals surface area contributed by atoms with Gasteiger partial charge >= 0.3 is 0 Å². The van der Waals surface area contributed by atoms with Crippen LogP contribution in [0.25, 0.3) is 0 Å². The Kier molecular flexibility index (Phi) is 8.71. The monoisotopic (exact) mass is 426 g/mol. The lowest BCUT2D eigenvalue weighted by molar-refractivity contribution is 0.263. The highest BCUT2D eigenvalue weighted by Gasteiger charge is 2.32. The number of halogens is 1. The quantitative estimate of drug-likeness (QED) is 0.389. The van der Waals surface area contributed by atoms with Crippen LogP contribution >= 0.6 is 35.7 Å². The summed E-state index contributed by atoms with van der Waals surface area (Å²) in [4.78, 5) is 6.73. The van der Waals surface area contributed by atoms with Gasteiger partial charge in [0.25, 0.3) is 0 Å². The highest BCUT2D eigenvalue weighted by Crippen LogP contribution is 2.34. The maximum absolute atomic E-state index is 4.38. The predicted molar refractivity (Wildman–Crippen MR) is 105 cm³/mol. The number of hydrogen-bond acceptors (Lipinski definition) is 3. The minimum absolute atomic E-state index is 0. The molecule has 0 spiro atoms. The van der Waals surface area contributed by atoms with Crippen molar-refractivity contribution in [2.24, 2.45) is 10.9 Å². The maximum atomic E-state index is 4.38. The maximum Gasteiger partial charge on any atom is 0.191 e. The molecule has 0 aromatic heterocycles. The summed E-state index contributed by atoms with van der Waals surface area (Å²) in [5.41, 5.74) is 0. The van der Waals surface area contributed by atoms with Crippen LogP contribution in [0.3, 0.4) is 0 Å². The summed E-state index contributed by atoms with van der Waals surface area (Å²) < 4.78 is 0. The zero-order valence-electron chi connectivity index (χ0n) is 13.8. The predicted octanol–water partition coefficient (Wildman–Crippen LogP) is 2.39. The van der Waals surface area contributed by atoms with Crippen LogP contribution in [-0.2, 0) is 0 Å². The summed E-state index contributed by atoms with van der Waals surface area (Å²) in [6, 6.07) is 1.23. The summed E-state index contributed by atoms with van der Waals surface area (Å²) in [7, 11) is 6.24. The minimum atomic E-state index is 0. The molecule has 0 heterocycles. The van der Waals surface area contributed by atoms with Crippen molar-refractivity contribution in [2.45, 2.75) is 49.4 Å². The number of rotatable bonds is 6. The van der Waals surface area contributed by atoms with Gasteiger partial charge < -0.3 is 15.5 Å². The molecule has 3 unspecified atom stereocenters. The van der Waals surface area contributed by atoms with Crippen LogP contribution in [-0.4, -0.2) is 62.1 Å². The van der Waals surface area contributed by atoms with Gasteiger partial charge in [-0.15, -0.1) is 24.0 Å². The highest BCUT2D eigenvalue weighted by molar-refractivity contribution is 14.0. The first-order chi connectivity index (χ1) is 9.63. The number of aliphatic imine (C=N–C) groups is 1. The summed E-state index contributed by atoms with van der Waals surface area (Å²) in [5.74, 6) is 1.85. The van der Waals surface area contributed by atoms with Gasteiger partial charge in [0.1, 0.15) is 0 Å². The summed E-state index contributed by atoms with van der Waals surface area (Å²) >= 11 is 2.00. The number of hydrogen-bond donors (Lipinski definition) is 2. The molecular formula is C15H31IN4S. The van der Waals surface area contributed by atoms with E-state index in [0.717, 1.165) is 23.7 Å². The van der Waals surface area contributed by atoms with E-state index in [1.165, 1.54) is 32.1 Å². The highest BCUT2D eigenvalue weighted by atomic mass is 127. The van der Waals surface area contributed by atoms with Crippen LogP contribution in [0.5, 0.6) is 0 Å². The third-order valence-corrected chi connectivity index (χ3v) is 5.69. The van der Waals surface area contributed by atoms with Crippen molar-refractivity contribution >= 4 is 41.7 Å². The van der Waals surface area contributed by atoms with E-state index in [2.05, 4.69) is 40.9 Å². The molecule has 3 atom stereocenters. The average Bonchev–Trinajstić information content (AvgIpc) is 3.16. The number of nitrogens with one attached hydrogen (secondary N) is 2. The second kappa shape index (κ2) is 9.45. The SMILES string of the molecule is CN=C(NCC(C1CC1)N(C)C)NC1CCC(SC)C1.I. The Hall–Kier alpha value is 0.310. The van der Waals surface area contributed by atoms with Crippen molar-refractivity contribution < 1.29 is 0 Å². The van der Waals surface area contributed by atoms with E-state index in [-0.39, 0.29) is 24.0 Å². The van der Waals surface area contributed by atoms with Crippen molar-refractivity contribution in [3.63, 3.8) is 0 Å². The van der Waals surface area contributed by atoms with Gasteiger partial charge in [-0.25, -0.2) is 0 Å². The van der Waals surface area contributed by atoms with Crippen LogP contribution in [0.4, 0.5) is 0 Å². The van der Waals surface area contributed by atoms with Gasteiger partial charge in [-0.2, -0.15) is 11.8 Å². The van der Waals surface area contributed by atoms with Crippen molar-refractivity contribution in [3.8, 4) is 0 Å². The molecule has 2 N–H and O–H groups in total. The Balaban J connectivity index is 0.00000220.